The number of nitrogens with two attached hydrogens (primary N) is 1. The van der Waals surface area contributed by atoms with Crippen LogP contribution in [-0.2, 0) is 0 Å². The van der Waals surface area contributed by atoms with Crippen molar-refractivity contribution in [1.82, 2.24) is 0 Å². The standard InChI is InChI=1S/C4H11NO.ClH.H2O/c1-3-4(2,5)6;;/h6H,3,5H2,1-2H3;1H;1H2. The lowest BCUT2D eigenvalue weighted by Gasteiger charge is -2.11. The van der Waals surface area contributed by atoms with Crippen LogP contribution >= 0.6 is 12.4 Å². The van der Waals surface area contributed by atoms with E-state index in [0.717, 1.165) is 0 Å². The average Bonchev–Trinajstić information content (AvgIpc) is 1.35. The summed E-state index contributed by atoms with van der Waals surface area (Å²) < 4.78 is 0. The minimum Gasteiger partial charge on any atom is -0.412 e. The Hall–Kier alpha value is 0.170. The molecular weight excluding hydrogens is 130 g/mol. The Morgan fingerprint density at radius 2 is 1.75 bits per heavy atom. The third-order valence-electron chi connectivity index (χ3n) is 0.716. The van der Waals surface area contributed by atoms with Gasteiger partial charge in [0.2, 0.25) is 0 Å². The molecule has 1 atom stereocenters. The quantitative estimate of drug-likeness (QED) is 0.493. The molecule has 3 nitrogen and oxygen atoms in total. The number of aliphatic hydroxyl groups is 1. The van der Waals surface area contributed by atoms with E-state index in [1.807, 2.05) is 6.92 Å². The summed E-state index contributed by atoms with van der Waals surface area (Å²) in [6, 6.07) is 0. The summed E-state index contributed by atoms with van der Waals surface area (Å²) >= 11 is 0. The van der Waals surface area contributed by atoms with Crippen LogP contribution in [0.2, 0.25) is 0 Å². The van der Waals surface area contributed by atoms with Gasteiger partial charge in [-0.3, -0.25) is 0 Å². The average molecular weight is 144 g/mol. The van der Waals surface area contributed by atoms with E-state index in [1.54, 1.807) is 6.92 Å². The molecular formula is C4H14ClNO2. The minimum atomic E-state index is -0.958. The Morgan fingerprint density at radius 1 is 1.62 bits per heavy atom. The first-order chi connectivity index (χ1) is 2.56. The van der Waals surface area contributed by atoms with E-state index in [1.165, 1.54) is 0 Å². The number of rotatable bonds is 1. The van der Waals surface area contributed by atoms with Gasteiger partial charge in [0.1, 0.15) is 5.72 Å². The maximum absolute atomic E-state index is 8.60. The van der Waals surface area contributed by atoms with Crippen molar-refractivity contribution in [3.63, 3.8) is 0 Å². The first-order valence-corrected chi connectivity index (χ1v) is 2.07. The van der Waals surface area contributed by atoms with Crippen molar-refractivity contribution in [1.29, 1.82) is 0 Å². The fraction of sp³-hybridized carbons (Fsp3) is 1.00. The highest BCUT2D eigenvalue weighted by Crippen LogP contribution is 1.94. The smallest absolute Gasteiger partial charge is 0.110 e. The van der Waals surface area contributed by atoms with Crippen molar-refractivity contribution in [3.8, 4) is 0 Å². The summed E-state index contributed by atoms with van der Waals surface area (Å²) in [5.74, 6) is 0. The normalized spacial score (nSPS) is 15.0. The molecule has 4 heteroatoms. The zero-order chi connectivity index (χ0) is 5.21. The zero-order valence-corrected chi connectivity index (χ0v) is 5.96. The first kappa shape index (κ1) is 15.7. The molecule has 0 aliphatic heterocycles. The van der Waals surface area contributed by atoms with E-state index in [-0.39, 0.29) is 17.9 Å². The van der Waals surface area contributed by atoms with Gasteiger partial charge in [-0.05, 0) is 13.3 Å². The van der Waals surface area contributed by atoms with E-state index in [9.17, 15) is 0 Å². The maximum atomic E-state index is 8.60. The Morgan fingerprint density at radius 3 is 1.75 bits per heavy atom. The molecule has 0 radical (unpaired) electrons. The fourth-order valence-corrected chi connectivity index (χ4v) is 0. The molecule has 0 rings (SSSR count). The molecule has 1 unspecified atom stereocenters. The first-order valence-electron chi connectivity index (χ1n) is 2.07. The fourth-order valence-electron chi connectivity index (χ4n) is 0. The van der Waals surface area contributed by atoms with Crippen LogP contribution < -0.4 is 5.73 Å². The highest BCUT2D eigenvalue weighted by Gasteiger charge is 2.06. The molecule has 8 heavy (non-hydrogen) atoms. The monoisotopic (exact) mass is 143 g/mol. The molecule has 0 heterocycles. The molecule has 5 N–H and O–H groups in total. The second-order valence-electron chi connectivity index (χ2n) is 1.71. The SMILES string of the molecule is CCC(C)(N)O.Cl.O. The van der Waals surface area contributed by atoms with Crippen molar-refractivity contribution in [3.05, 3.63) is 0 Å². The van der Waals surface area contributed by atoms with Crippen molar-refractivity contribution in [2.75, 3.05) is 0 Å². The summed E-state index contributed by atoms with van der Waals surface area (Å²) in [6.07, 6.45) is 0.604. The maximum Gasteiger partial charge on any atom is 0.110 e. The van der Waals surface area contributed by atoms with Crippen LogP contribution in [0.1, 0.15) is 20.3 Å². The second-order valence-corrected chi connectivity index (χ2v) is 1.71. The second kappa shape index (κ2) is 5.31. The Balaban J connectivity index is -0.000000125. The molecule has 0 spiro atoms. The van der Waals surface area contributed by atoms with Crippen molar-refractivity contribution in [2.45, 2.75) is 26.0 Å². The Kier molecular flexibility index (Phi) is 10.4. The topological polar surface area (TPSA) is 77.8 Å². The molecule has 0 aromatic carbocycles. The van der Waals surface area contributed by atoms with Gasteiger partial charge in [-0.1, -0.05) is 6.92 Å². The van der Waals surface area contributed by atoms with Crippen LogP contribution in [0.4, 0.5) is 0 Å². The van der Waals surface area contributed by atoms with Crippen LogP contribution in [0.3, 0.4) is 0 Å². The molecule has 0 saturated heterocycles. The molecule has 0 aliphatic rings. The van der Waals surface area contributed by atoms with Crippen LogP contribution in [0, 0.1) is 0 Å². The third kappa shape index (κ3) is 16.4. The van der Waals surface area contributed by atoms with Gasteiger partial charge in [0.05, 0.1) is 0 Å². The molecule has 0 fully saturated rings. The molecule has 0 amide bonds. The van der Waals surface area contributed by atoms with Crippen LogP contribution in [0.5, 0.6) is 0 Å². The van der Waals surface area contributed by atoms with Gasteiger partial charge in [-0.2, -0.15) is 0 Å². The number of hydrogen-bond acceptors (Lipinski definition) is 2. The molecule has 0 saturated carbocycles. The summed E-state index contributed by atoms with van der Waals surface area (Å²) in [6.45, 7) is 3.41. The summed E-state index contributed by atoms with van der Waals surface area (Å²) in [4.78, 5) is 0. The van der Waals surface area contributed by atoms with E-state index < -0.39 is 5.72 Å². The van der Waals surface area contributed by atoms with Crippen molar-refractivity contribution in [2.24, 2.45) is 5.73 Å². The van der Waals surface area contributed by atoms with E-state index in [4.69, 9.17) is 10.8 Å². The van der Waals surface area contributed by atoms with Crippen molar-refractivity contribution < 1.29 is 10.6 Å². The van der Waals surface area contributed by atoms with Gasteiger partial charge in [-0.25, -0.2) is 0 Å². The lowest BCUT2D eigenvalue weighted by atomic mass is 10.2. The van der Waals surface area contributed by atoms with Crippen LogP contribution in [-0.4, -0.2) is 16.3 Å². The lowest BCUT2D eigenvalue weighted by Crippen LogP contribution is -2.34. The molecule has 0 aromatic rings. The predicted octanol–water partition coefficient (Wildman–Crippen LogP) is -0.339. The van der Waals surface area contributed by atoms with Gasteiger partial charge in [0, 0.05) is 0 Å². The van der Waals surface area contributed by atoms with Crippen LogP contribution in [0.15, 0.2) is 0 Å². The van der Waals surface area contributed by atoms with E-state index in [0.29, 0.717) is 6.42 Å². The minimum absolute atomic E-state index is 0. The Bertz CT molecular complexity index is 43.8. The summed E-state index contributed by atoms with van der Waals surface area (Å²) in [7, 11) is 0. The third-order valence-corrected chi connectivity index (χ3v) is 0.716. The summed E-state index contributed by atoms with van der Waals surface area (Å²) in [5.41, 5.74) is 4.13. The zero-order valence-electron chi connectivity index (χ0n) is 5.14. The highest BCUT2D eigenvalue weighted by atomic mass is 35.5. The van der Waals surface area contributed by atoms with Gasteiger partial charge < -0.3 is 16.3 Å². The largest absolute Gasteiger partial charge is 0.412 e. The van der Waals surface area contributed by atoms with E-state index >= 15 is 0 Å². The van der Waals surface area contributed by atoms with Gasteiger partial charge in [-0.15, -0.1) is 12.4 Å². The lowest BCUT2D eigenvalue weighted by molar-refractivity contribution is 0.0632. The van der Waals surface area contributed by atoms with E-state index in [2.05, 4.69) is 0 Å². The number of hydrogen-bond donors (Lipinski definition) is 2. The van der Waals surface area contributed by atoms with Gasteiger partial charge in [0.15, 0.2) is 0 Å². The highest BCUT2D eigenvalue weighted by molar-refractivity contribution is 5.85. The molecule has 0 aromatic heterocycles. The van der Waals surface area contributed by atoms with Crippen LogP contribution in [0.25, 0.3) is 0 Å². The van der Waals surface area contributed by atoms with Crippen molar-refractivity contribution >= 4 is 12.4 Å². The molecule has 0 bridgehead atoms. The summed E-state index contributed by atoms with van der Waals surface area (Å²) in [5, 5.41) is 8.60. The predicted molar refractivity (Wildman–Crippen MR) is 36.0 cm³/mol. The Labute approximate surface area is 55.6 Å². The van der Waals surface area contributed by atoms with Gasteiger partial charge in [0.25, 0.3) is 0 Å². The van der Waals surface area contributed by atoms with Gasteiger partial charge >= 0.3 is 0 Å². The molecule has 54 valence electrons. The number of halogens is 1. The molecule has 0 aliphatic carbocycles.